The number of hydrogen-bond acceptors (Lipinski definition) is 4. The molecule has 2 aliphatic heterocycles. The number of amides is 2. The van der Waals surface area contributed by atoms with Crippen LogP contribution in [0.5, 0.6) is 0 Å². The molecule has 2 saturated heterocycles. The first-order chi connectivity index (χ1) is 16.3. The van der Waals surface area contributed by atoms with Gasteiger partial charge in [-0.3, -0.25) is 9.59 Å². The third kappa shape index (κ3) is 6.07. The van der Waals surface area contributed by atoms with Crippen LogP contribution in [0.3, 0.4) is 0 Å². The smallest absolute Gasteiger partial charge is 0.223 e. The van der Waals surface area contributed by atoms with Gasteiger partial charge in [0.15, 0.2) is 0 Å². The van der Waals surface area contributed by atoms with Crippen molar-refractivity contribution in [2.24, 2.45) is 5.41 Å². The molecule has 0 aliphatic carbocycles. The van der Waals surface area contributed by atoms with Crippen molar-refractivity contribution < 1.29 is 14.0 Å². The summed E-state index contributed by atoms with van der Waals surface area (Å²) in [4.78, 5) is 34.3. The summed E-state index contributed by atoms with van der Waals surface area (Å²) in [7, 11) is 0. The van der Waals surface area contributed by atoms with Crippen molar-refractivity contribution in [1.82, 2.24) is 9.80 Å². The molecule has 2 aromatic carbocycles. The fraction of sp³-hybridized carbons (Fsp3) is 0.481. The van der Waals surface area contributed by atoms with Crippen LogP contribution in [0.2, 0.25) is 0 Å². The third-order valence-corrected chi connectivity index (χ3v) is 6.84. The Kier molecular flexibility index (Phi) is 7.39. The maximum Gasteiger partial charge on any atom is 0.223 e. The lowest BCUT2D eigenvalue weighted by atomic mass is 9.84. The number of halogens is 1. The Hall–Kier alpha value is -3.09. The maximum absolute atomic E-state index is 13.2. The highest BCUT2D eigenvalue weighted by atomic mass is 19.1. The van der Waals surface area contributed by atoms with Gasteiger partial charge in [0, 0.05) is 76.6 Å². The van der Waals surface area contributed by atoms with Gasteiger partial charge in [-0.1, -0.05) is 32.0 Å². The molecule has 2 aromatic rings. The molecule has 7 heteroatoms. The van der Waals surface area contributed by atoms with Gasteiger partial charge >= 0.3 is 0 Å². The van der Waals surface area contributed by atoms with Gasteiger partial charge in [-0.25, -0.2) is 4.39 Å². The average molecular weight is 467 g/mol. The second-order valence-corrected chi connectivity index (χ2v) is 10.1. The first-order valence-electron chi connectivity index (χ1n) is 12.2. The largest absolute Gasteiger partial charge is 0.368 e. The standard InChI is InChI=1S/C27H35FN4O2/c1-27(2,20-25(33)31-16-12-29(13-17-31)23-6-4-3-5-7-23)21-26(34)32-18-14-30(15-19-32)24-10-8-22(28)9-11-24/h3-11H,12-21H2,1-2H3. The van der Waals surface area contributed by atoms with E-state index in [1.807, 2.05) is 41.8 Å². The van der Waals surface area contributed by atoms with Crippen LogP contribution in [0, 0.1) is 11.2 Å². The van der Waals surface area contributed by atoms with Crippen molar-refractivity contribution in [3.63, 3.8) is 0 Å². The minimum Gasteiger partial charge on any atom is -0.368 e. The molecule has 0 saturated carbocycles. The first kappa shape index (κ1) is 24.0. The quantitative estimate of drug-likeness (QED) is 0.652. The third-order valence-electron chi connectivity index (χ3n) is 6.84. The Morgan fingerprint density at radius 3 is 1.53 bits per heavy atom. The minimum absolute atomic E-state index is 0.102. The zero-order valence-corrected chi connectivity index (χ0v) is 20.3. The zero-order chi connectivity index (χ0) is 24.1. The second kappa shape index (κ2) is 10.5. The molecule has 2 aliphatic rings. The summed E-state index contributed by atoms with van der Waals surface area (Å²) < 4.78 is 13.2. The van der Waals surface area contributed by atoms with E-state index < -0.39 is 5.41 Å². The lowest BCUT2D eigenvalue weighted by molar-refractivity contribution is -0.137. The summed E-state index contributed by atoms with van der Waals surface area (Å²) in [6, 6.07) is 16.8. The van der Waals surface area contributed by atoms with Crippen LogP contribution in [0.4, 0.5) is 15.8 Å². The molecular weight excluding hydrogens is 431 g/mol. The fourth-order valence-electron chi connectivity index (χ4n) is 4.82. The molecule has 34 heavy (non-hydrogen) atoms. The predicted molar refractivity (Wildman–Crippen MR) is 133 cm³/mol. The van der Waals surface area contributed by atoms with Crippen LogP contribution < -0.4 is 9.80 Å². The van der Waals surface area contributed by atoms with E-state index in [-0.39, 0.29) is 17.6 Å². The SMILES string of the molecule is CC(C)(CC(=O)N1CCN(c2ccccc2)CC1)CC(=O)N1CCN(c2ccc(F)cc2)CC1. The summed E-state index contributed by atoms with van der Waals surface area (Å²) in [5, 5.41) is 0. The molecular formula is C27H35FN4O2. The molecule has 0 bridgehead atoms. The molecule has 0 atom stereocenters. The molecule has 0 radical (unpaired) electrons. The Bertz CT molecular complexity index is 964. The summed E-state index contributed by atoms with van der Waals surface area (Å²) in [6.07, 6.45) is 0.735. The first-order valence-corrected chi connectivity index (χ1v) is 12.2. The maximum atomic E-state index is 13.2. The Morgan fingerprint density at radius 1 is 0.676 bits per heavy atom. The van der Waals surface area contributed by atoms with Crippen molar-refractivity contribution in [2.75, 3.05) is 62.2 Å². The number of carbonyl (C=O) groups excluding carboxylic acids is 2. The molecule has 4 rings (SSSR count). The monoisotopic (exact) mass is 466 g/mol. The van der Waals surface area contributed by atoms with Crippen LogP contribution in [-0.2, 0) is 9.59 Å². The normalized spacial score (nSPS) is 17.1. The van der Waals surface area contributed by atoms with Gasteiger partial charge in [0.1, 0.15) is 5.82 Å². The average Bonchev–Trinajstić information content (AvgIpc) is 2.84. The van der Waals surface area contributed by atoms with Crippen LogP contribution >= 0.6 is 0 Å². The van der Waals surface area contributed by atoms with Gasteiger partial charge in [-0.15, -0.1) is 0 Å². The Labute approximate surface area is 201 Å². The molecule has 0 aromatic heterocycles. The lowest BCUT2D eigenvalue weighted by Gasteiger charge is -2.39. The van der Waals surface area contributed by atoms with Crippen molar-refractivity contribution in [3.05, 3.63) is 60.4 Å². The molecule has 2 heterocycles. The second-order valence-electron chi connectivity index (χ2n) is 10.1. The van der Waals surface area contributed by atoms with Crippen LogP contribution in [-0.4, -0.2) is 74.0 Å². The molecule has 2 fully saturated rings. The van der Waals surface area contributed by atoms with Crippen molar-refractivity contribution in [2.45, 2.75) is 26.7 Å². The van der Waals surface area contributed by atoms with Crippen LogP contribution in [0.15, 0.2) is 54.6 Å². The van der Waals surface area contributed by atoms with E-state index >= 15 is 0 Å². The van der Waals surface area contributed by atoms with E-state index in [1.165, 1.54) is 17.8 Å². The van der Waals surface area contributed by atoms with Crippen LogP contribution in [0.25, 0.3) is 0 Å². The molecule has 6 nitrogen and oxygen atoms in total. The number of hydrogen-bond donors (Lipinski definition) is 0. The van der Waals surface area contributed by atoms with Gasteiger partial charge in [-0.2, -0.15) is 0 Å². The minimum atomic E-state index is -0.390. The number of piperazine rings is 2. The van der Waals surface area contributed by atoms with Crippen molar-refractivity contribution >= 4 is 23.2 Å². The number of nitrogens with zero attached hydrogens (tertiary/aromatic N) is 4. The van der Waals surface area contributed by atoms with Gasteiger partial charge in [-0.05, 0) is 41.8 Å². The summed E-state index contributed by atoms with van der Waals surface area (Å²) >= 11 is 0. The number of carbonyl (C=O) groups is 2. The van der Waals surface area contributed by atoms with E-state index in [2.05, 4.69) is 21.9 Å². The van der Waals surface area contributed by atoms with Gasteiger partial charge in [0.2, 0.25) is 11.8 Å². The molecule has 182 valence electrons. The highest BCUT2D eigenvalue weighted by Gasteiger charge is 2.32. The van der Waals surface area contributed by atoms with E-state index in [4.69, 9.17) is 0 Å². The highest BCUT2D eigenvalue weighted by molar-refractivity contribution is 5.80. The van der Waals surface area contributed by atoms with E-state index in [1.54, 1.807) is 12.1 Å². The van der Waals surface area contributed by atoms with Crippen molar-refractivity contribution in [1.29, 1.82) is 0 Å². The molecule has 2 amide bonds. The Balaban J connectivity index is 1.22. The number of benzene rings is 2. The van der Waals surface area contributed by atoms with E-state index in [0.29, 0.717) is 39.0 Å². The summed E-state index contributed by atoms with van der Waals surface area (Å²) in [5.74, 6) is -0.00971. The van der Waals surface area contributed by atoms with Gasteiger partial charge < -0.3 is 19.6 Å². The number of rotatable bonds is 6. The van der Waals surface area contributed by atoms with Crippen LogP contribution in [0.1, 0.15) is 26.7 Å². The molecule has 0 N–H and O–H groups in total. The predicted octanol–water partition coefficient (Wildman–Crippen LogP) is 3.63. The lowest BCUT2D eigenvalue weighted by Crippen LogP contribution is -2.50. The van der Waals surface area contributed by atoms with Crippen molar-refractivity contribution in [3.8, 4) is 0 Å². The topological polar surface area (TPSA) is 47.1 Å². The van der Waals surface area contributed by atoms with E-state index in [9.17, 15) is 14.0 Å². The zero-order valence-electron chi connectivity index (χ0n) is 20.3. The number of para-hydroxylation sites is 1. The summed E-state index contributed by atoms with van der Waals surface area (Å²) in [5.41, 5.74) is 1.78. The highest BCUT2D eigenvalue weighted by Crippen LogP contribution is 2.28. The van der Waals surface area contributed by atoms with Gasteiger partial charge in [0.05, 0.1) is 0 Å². The number of anilines is 2. The fourth-order valence-corrected chi connectivity index (χ4v) is 4.82. The summed E-state index contributed by atoms with van der Waals surface area (Å²) in [6.45, 7) is 9.83. The Morgan fingerprint density at radius 2 is 1.09 bits per heavy atom. The van der Waals surface area contributed by atoms with Gasteiger partial charge in [0.25, 0.3) is 0 Å². The molecule has 0 unspecified atom stereocenters. The molecule has 0 spiro atoms. The van der Waals surface area contributed by atoms with E-state index in [0.717, 1.165) is 31.9 Å².